The van der Waals surface area contributed by atoms with Crippen molar-refractivity contribution in [3.05, 3.63) is 35.1 Å². The van der Waals surface area contributed by atoms with E-state index < -0.39 is 0 Å². The Labute approximate surface area is 109 Å². The minimum Gasteiger partial charge on any atom is -0.309 e. The van der Waals surface area contributed by atoms with E-state index in [0.29, 0.717) is 6.04 Å². The van der Waals surface area contributed by atoms with E-state index in [1.54, 1.807) is 12.1 Å². The molecule has 100 valence electrons. The average Bonchev–Trinajstić information content (AvgIpc) is 2.78. The third-order valence-corrected chi connectivity index (χ3v) is 3.49. The van der Waals surface area contributed by atoms with Gasteiger partial charge in [-0.1, -0.05) is 6.07 Å². The van der Waals surface area contributed by atoms with Gasteiger partial charge in [-0.05, 0) is 63.0 Å². The zero-order valence-corrected chi connectivity index (χ0v) is 11.4. The van der Waals surface area contributed by atoms with Crippen molar-refractivity contribution in [2.75, 3.05) is 19.6 Å². The van der Waals surface area contributed by atoms with Crippen LogP contribution in [0.3, 0.4) is 0 Å². The molecule has 2 nitrogen and oxygen atoms in total. The number of halogens is 1. The Morgan fingerprint density at radius 2 is 2.00 bits per heavy atom. The Morgan fingerprint density at radius 3 is 2.67 bits per heavy atom. The van der Waals surface area contributed by atoms with Crippen molar-refractivity contribution < 1.29 is 4.39 Å². The van der Waals surface area contributed by atoms with Crippen LogP contribution in [0.2, 0.25) is 0 Å². The summed E-state index contributed by atoms with van der Waals surface area (Å²) in [5.74, 6) is -0.140. The van der Waals surface area contributed by atoms with Crippen LogP contribution in [0.1, 0.15) is 30.9 Å². The molecule has 18 heavy (non-hydrogen) atoms. The summed E-state index contributed by atoms with van der Waals surface area (Å²) >= 11 is 0. The molecule has 1 N–H and O–H groups in total. The summed E-state index contributed by atoms with van der Waals surface area (Å²) < 4.78 is 13.2. The number of aryl methyl sites for hydroxylation is 1. The van der Waals surface area contributed by atoms with E-state index in [2.05, 4.69) is 17.1 Å². The summed E-state index contributed by atoms with van der Waals surface area (Å²) in [6, 6.07) is 5.67. The fourth-order valence-corrected chi connectivity index (χ4v) is 2.62. The lowest BCUT2D eigenvalue weighted by Gasteiger charge is -2.21. The van der Waals surface area contributed by atoms with Crippen LogP contribution in [-0.4, -0.2) is 30.6 Å². The lowest BCUT2D eigenvalue weighted by atomic mass is 10.1. The SMILES string of the molecule is Cc1cc(F)cc(CNC(C)CN2CCCC2)c1. The number of hydrogen-bond acceptors (Lipinski definition) is 2. The van der Waals surface area contributed by atoms with Gasteiger partial charge in [-0.25, -0.2) is 4.39 Å². The predicted octanol–water partition coefficient (Wildman–Crippen LogP) is 2.71. The van der Waals surface area contributed by atoms with E-state index in [-0.39, 0.29) is 5.82 Å². The van der Waals surface area contributed by atoms with E-state index in [0.717, 1.165) is 24.2 Å². The molecule has 0 aromatic heterocycles. The zero-order valence-electron chi connectivity index (χ0n) is 11.4. The number of nitrogens with one attached hydrogen (secondary N) is 1. The number of hydrogen-bond donors (Lipinski definition) is 1. The summed E-state index contributed by atoms with van der Waals surface area (Å²) in [4.78, 5) is 2.49. The smallest absolute Gasteiger partial charge is 0.123 e. The first-order chi connectivity index (χ1) is 8.63. The molecule has 1 saturated heterocycles. The quantitative estimate of drug-likeness (QED) is 0.864. The average molecular weight is 250 g/mol. The fraction of sp³-hybridized carbons (Fsp3) is 0.600. The van der Waals surface area contributed by atoms with Crippen molar-refractivity contribution in [2.45, 2.75) is 39.3 Å². The fourth-order valence-electron chi connectivity index (χ4n) is 2.62. The van der Waals surface area contributed by atoms with Gasteiger partial charge in [0.05, 0.1) is 0 Å². The van der Waals surface area contributed by atoms with E-state index >= 15 is 0 Å². The van der Waals surface area contributed by atoms with Gasteiger partial charge >= 0.3 is 0 Å². The molecule has 0 saturated carbocycles. The molecule has 1 heterocycles. The summed E-state index contributed by atoms with van der Waals surface area (Å²) in [5.41, 5.74) is 2.01. The summed E-state index contributed by atoms with van der Waals surface area (Å²) in [6.07, 6.45) is 2.66. The zero-order chi connectivity index (χ0) is 13.0. The van der Waals surface area contributed by atoms with Crippen LogP contribution >= 0.6 is 0 Å². The Hall–Kier alpha value is -0.930. The van der Waals surface area contributed by atoms with Gasteiger partial charge in [-0.3, -0.25) is 0 Å². The van der Waals surface area contributed by atoms with Gasteiger partial charge in [-0.15, -0.1) is 0 Å². The van der Waals surface area contributed by atoms with E-state index in [4.69, 9.17) is 0 Å². The van der Waals surface area contributed by atoms with E-state index in [9.17, 15) is 4.39 Å². The van der Waals surface area contributed by atoms with Crippen molar-refractivity contribution in [2.24, 2.45) is 0 Å². The first-order valence-electron chi connectivity index (χ1n) is 6.85. The first kappa shape index (κ1) is 13.5. The van der Waals surface area contributed by atoms with Crippen LogP contribution in [0.25, 0.3) is 0 Å². The van der Waals surface area contributed by atoms with Gasteiger partial charge in [-0.2, -0.15) is 0 Å². The molecule has 1 aromatic carbocycles. The molecule has 1 aliphatic rings. The normalized spacial score (nSPS) is 18.2. The monoisotopic (exact) mass is 250 g/mol. The largest absolute Gasteiger partial charge is 0.309 e. The molecule has 3 heteroatoms. The van der Waals surface area contributed by atoms with Gasteiger partial charge < -0.3 is 10.2 Å². The Kier molecular flexibility index (Phi) is 4.72. The van der Waals surface area contributed by atoms with Crippen LogP contribution in [0.5, 0.6) is 0 Å². The number of nitrogens with zero attached hydrogens (tertiary/aromatic N) is 1. The maximum Gasteiger partial charge on any atom is 0.123 e. The van der Waals surface area contributed by atoms with Crippen LogP contribution < -0.4 is 5.32 Å². The molecule has 1 fully saturated rings. The van der Waals surface area contributed by atoms with Crippen molar-refractivity contribution in [1.29, 1.82) is 0 Å². The van der Waals surface area contributed by atoms with Gasteiger partial charge in [0.1, 0.15) is 5.82 Å². The molecule has 0 aliphatic carbocycles. The molecule has 0 spiro atoms. The Balaban J connectivity index is 1.79. The van der Waals surface area contributed by atoms with Crippen LogP contribution in [0.15, 0.2) is 18.2 Å². The van der Waals surface area contributed by atoms with Crippen LogP contribution in [-0.2, 0) is 6.54 Å². The molecule has 0 bridgehead atoms. The second-order valence-electron chi connectivity index (χ2n) is 5.43. The van der Waals surface area contributed by atoms with Gasteiger partial charge in [0.2, 0.25) is 0 Å². The van der Waals surface area contributed by atoms with E-state index in [1.807, 2.05) is 13.0 Å². The third kappa shape index (κ3) is 4.07. The van der Waals surface area contributed by atoms with Gasteiger partial charge in [0, 0.05) is 19.1 Å². The van der Waals surface area contributed by atoms with Crippen molar-refractivity contribution >= 4 is 0 Å². The molecule has 0 radical (unpaired) electrons. The molecular weight excluding hydrogens is 227 g/mol. The summed E-state index contributed by atoms with van der Waals surface area (Å²) in [6.45, 7) is 8.42. The van der Waals surface area contributed by atoms with Gasteiger partial charge in [0.25, 0.3) is 0 Å². The van der Waals surface area contributed by atoms with Crippen LogP contribution in [0, 0.1) is 12.7 Å². The second-order valence-corrected chi connectivity index (χ2v) is 5.43. The van der Waals surface area contributed by atoms with Crippen molar-refractivity contribution in [1.82, 2.24) is 10.2 Å². The van der Waals surface area contributed by atoms with Crippen LogP contribution in [0.4, 0.5) is 4.39 Å². The maximum atomic E-state index is 13.2. The minimum absolute atomic E-state index is 0.140. The molecule has 1 unspecified atom stereocenters. The topological polar surface area (TPSA) is 15.3 Å². The molecule has 1 atom stereocenters. The molecule has 0 amide bonds. The summed E-state index contributed by atoms with van der Waals surface area (Å²) in [7, 11) is 0. The van der Waals surface area contributed by atoms with Crippen molar-refractivity contribution in [3.8, 4) is 0 Å². The maximum absolute atomic E-state index is 13.2. The lowest BCUT2D eigenvalue weighted by Crippen LogP contribution is -2.37. The molecular formula is C15H23FN2. The first-order valence-corrected chi connectivity index (χ1v) is 6.85. The highest BCUT2D eigenvalue weighted by atomic mass is 19.1. The van der Waals surface area contributed by atoms with Crippen molar-refractivity contribution in [3.63, 3.8) is 0 Å². The summed E-state index contributed by atoms with van der Waals surface area (Å²) in [5, 5.41) is 3.47. The number of rotatable bonds is 5. The third-order valence-electron chi connectivity index (χ3n) is 3.49. The highest BCUT2D eigenvalue weighted by molar-refractivity contribution is 5.23. The Morgan fingerprint density at radius 1 is 1.28 bits per heavy atom. The highest BCUT2D eigenvalue weighted by Gasteiger charge is 2.14. The highest BCUT2D eigenvalue weighted by Crippen LogP contribution is 2.10. The van der Waals surface area contributed by atoms with E-state index in [1.165, 1.54) is 25.9 Å². The molecule has 2 rings (SSSR count). The molecule has 1 aliphatic heterocycles. The predicted molar refractivity (Wildman–Crippen MR) is 73.1 cm³/mol. The van der Waals surface area contributed by atoms with Gasteiger partial charge in [0.15, 0.2) is 0 Å². The minimum atomic E-state index is -0.140. The number of likely N-dealkylation sites (tertiary alicyclic amines) is 1. The second kappa shape index (κ2) is 6.30. The number of benzene rings is 1. The molecule has 1 aromatic rings. The Bertz CT molecular complexity index is 366. The lowest BCUT2D eigenvalue weighted by molar-refractivity contribution is 0.298. The standard InChI is InChI=1S/C15H23FN2/c1-12-7-14(9-15(16)8-12)10-17-13(2)11-18-5-3-4-6-18/h7-9,13,17H,3-6,10-11H2,1-2H3.